The van der Waals surface area contributed by atoms with E-state index in [1.807, 2.05) is 57.2 Å². The Morgan fingerprint density at radius 2 is 0.714 bits per heavy atom. The fourth-order valence-corrected chi connectivity index (χ4v) is 11.2. The van der Waals surface area contributed by atoms with E-state index in [0.29, 0.717) is 89.4 Å². The molecule has 0 bridgehead atoms. The smallest absolute Gasteiger partial charge is 0.222 e. The van der Waals surface area contributed by atoms with E-state index < -0.39 is 47.3 Å². The summed E-state index contributed by atoms with van der Waals surface area (Å²) in [5, 5.41) is 1.39. The van der Waals surface area contributed by atoms with Gasteiger partial charge in [-0.2, -0.15) is 15.0 Å². The van der Waals surface area contributed by atoms with Gasteiger partial charge in [0.05, 0.1) is 37.9 Å². The molecule has 456 valence electrons. The standard InChI is InChI=1S/3C18H23ClN4O4S/c3*1-12-8-17(22-18(20)21-12)23-6-3-7-26-10-16(23)14-5-4-13(9-15(14)19)27-11-28(2,24)25/h3*4-5,8-9,16H,3,6-7,10-11H2,1-2H3,(H2,20,21,22)/t2*16-;/m10./s1. The molecule has 6 heterocycles. The molecule has 0 aliphatic carbocycles. The Hall–Kier alpha value is -6.30. The van der Waals surface area contributed by atoms with Crippen LogP contribution in [-0.2, 0) is 43.7 Å². The van der Waals surface area contributed by atoms with Crippen LogP contribution in [0.1, 0.15) is 71.2 Å². The lowest BCUT2D eigenvalue weighted by Crippen LogP contribution is -2.32. The number of ether oxygens (including phenoxy) is 6. The lowest BCUT2D eigenvalue weighted by Gasteiger charge is -2.31. The molecule has 3 saturated heterocycles. The largest absolute Gasteiger partial charge is 0.478 e. The summed E-state index contributed by atoms with van der Waals surface area (Å²) in [6, 6.07) is 20.5. The summed E-state index contributed by atoms with van der Waals surface area (Å²) in [6.45, 7) is 11.0. The van der Waals surface area contributed by atoms with Gasteiger partial charge in [0.15, 0.2) is 47.3 Å². The summed E-state index contributed by atoms with van der Waals surface area (Å²) in [4.78, 5) is 31.9. The second-order valence-electron chi connectivity index (χ2n) is 20.2. The van der Waals surface area contributed by atoms with Gasteiger partial charge in [-0.25, -0.2) is 40.2 Å². The summed E-state index contributed by atoms with van der Waals surface area (Å²) < 4.78 is 101. The van der Waals surface area contributed by atoms with Crippen LogP contribution in [0, 0.1) is 20.8 Å². The minimum absolute atomic E-state index is 0.173. The van der Waals surface area contributed by atoms with Crippen LogP contribution in [0.25, 0.3) is 0 Å². The molecule has 3 aromatic heterocycles. The summed E-state index contributed by atoms with van der Waals surface area (Å²) in [5.74, 6) is 2.77. The van der Waals surface area contributed by atoms with Gasteiger partial charge in [-0.1, -0.05) is 53.0 Å². The molecule has 1 unspecified atom stereocenters. The first-order chi connectivity index (χ1) is 39.7. The van der Waals surface area contributed by atoms with Gasteiger partial charge in [0, 0.05) is 109 Å². The number of halogens is 3. The van der Waals surface area contributed by atoms with Gasteiger partial charge in [-0.15, -0.1) is 0 Å². The minimum atomic E-state index is -3.24. The number of hydrogen-bond acceptors (Lipinski definition) is 24. The zero-order valence-corrected chi connectivity index (χ0v) is 52.0. The first-order valence-electron chi connectivity index (χ1n) is 26.3. The highest BCUT2D eigenvalue weighted by Crippen LogP contribution is 2.38. The van der Waals surface area contributed by atoms with E-state index in [2.05, 4.69) is 44.6 Å². The zero-order valence-electron chi connectivity index (χ0n) is 47.3. The van der Waals surface area contributed by atoms with E-state index in [0.717, 1.165) is 91.4 Å². The number of anilines is 6. The first kappa shape index (κ1) is 65.2. The number of benzene rings is 3. The Labute approximate surface area is 505 Å². The van der Waals surface area contributed by atoms with Gasteiger partial charge < -0.3 is 60.3 Å². The molecule has 24 nitrogen and oxygen atoms in total. The third kappa shape index (κ3) is 19.6. The molecule has 0 spiro atoms. The minimum Gasteiger partial charge on any atom is -0.478 e. The Bertz CT molecular complexity index is 3170. The Morgan fingerprint density at radius 1 is 0.452 bits per heavy atom. The van der Waals surface area contributed by atoms with Crippen LogP contribution >= 0.6 is 34.8 Å². The number of rotatable bonds is 15. The van der Waals surface area contributed by atoms with Crippen molar-refractivity contribution < 1.29 is 53.7 Å². The average Bonchev–Trinajstić information content (AvgIpc) is 3.80. The number of hydrogen-bond donors (Lipinski definition) is 3. The van der Waals surface area contributed by atoms with Crippen LogP contribution in [-0.4, -0.2) is 151 Å². The van der Waals surface area contributed by atoms with Crippen LogP contribution < -0.4 is 46.1 Å². The topological polar surface area (TPSA) is 323 Å². The molecule has 3 fully saturated rings. The highest BCUT2D eigenvalue weighted by molar-refractivity contribution is 7.91. The zero-order chi connectivity index (χ0) is 60.9. The number of aryl methyl sites for hydroxylation is 3. The van der Waals surface area contributed by atoms with Crippen molar-refractivity contribution >= 4 is 99.6 Å². The maximum Gasteiger partial charge on any atom is 0.222 e. The predicted molar refractivity (Wildman–Crippen MR) is 325 cm³/mol. The van der Waals surface area contributed by atoms with Gasteiger partial charge in [-0.05, 0) is 93.1 Å². The van der Waals surface area contributed by atoms with Crippen molar-refractivity contribution in [1.82, 2.24) is 29.9 Å². The van der Waals surface area contributed by atoms with Gasteiger partial charge >= 0.3 is 0 Å². The maximum atomic E-state index is 11.3. The van der Waals surface area contributed by atoms with Crippen molar-refractivity contribution in [3.05, 3.63) is 122 Å². The Kier molecular flexibility index (Phi) is 22.7. The predicted octanol–water partition coefficient (Wildman–Crippen LogP) is 7.11. The fourth-order valence-electron chi connectivity index (χ4n) is 9.22. The molecule has 0 amide bonds. The van der Waals surface area contributed by atoms with E-state index in [9.17, 15) is 25.3 Å². The lowest BCUT2D eigenvalue weighted by molar-refractivity contribution is 0.134. The Balaban J connectivity index is 0.000000181. The summed E-state index contributed by atoms with van der Waals surface area (Å²) in [5.41, 5.74) is 22.4. The van der Waals surface area contributed by atoms with Gasteiger partial charge in [0.2, 0.25) is 17.8 Å². The molecule has 3 aromatic carbocycles. The average molecular weight is 1280 g/mol. The van der Waals surface area contributed by atoms with Gasteiger partial charge in [-0.3, -0.25) is 0 Å². The number of nitrogen functional groups attached to an aromatic ring is 3. The number of nitrogens with zero attached hydrogens (tertiary/aromatic N) is 9. The van der Waals surface area contributed by atoms with E-state index in [-0.39, 0.29) is 36.0 Å². The normalized spacial score (nSPS) is 18.0. The van der Waals surface area contributed by atoms with Crippen LogP contribution in [0.5, 0.6) is 17.2 Å². The third-order valence-corrected chi connectivity index (χ3v) is 15.4. The van der Waals surface area contributed by atoms with Crippen LogP contribution in [0.3, 0.4) is 0 Å². The molecule has 84 heavy (non-hydrogen) atoms. The van der Waals surface area contributed by atoms with Crippen molar-refractivity contribution in [2.75, 3.05) is 128 Å². The van der Waals surface area contributed by atoms with Crippen molar-refractivity contribution in [2.45, 2.75) is 58.2 Å². The molecule has 6 N–H and O–H groups in total. The number of nitrogens with two attached hydrogens (primary N) is 3. The van der Waals surface area contributed by atoms with Crippen LogP contribution in [0.15, 0.2) is 72.8 Å². The van der Waals surface area contributed by atoms with Crippen molar-refractivity contribution in [1.29, 1.82) is 0 Å². The third-order valence-electron chi connectivity index (χ3n) is 12.8. The molecular weight excluding hydrogens is 1210 g/mol. The second kappa shape index (κ2) is 29.2. The van der Waals surface area contributed by atoms with Crippen molar-refractivity contribution in [2.24, 2.45) is 0 Å². The van der Waals surface area contributed by atoms with E-state index in [4.69, 9.17) is 80.4 Å². The second-order valence-corrected chi connectivity index (χ2v) is 27.7. The number of sulfone groups is 3. The highest BCUT2D eigenvalue weighted by atomic mass is 35.5. The van der Waals surface area contributed by atoms with Crippen molar-refractivity contribution in [3.63, 3.8) is 0 Å². The van der Waals surface area contributed by atoms with Gasteiger partial charge in [0.25, 0.3) is 0 Å². The van der Waals surface area contributed by atoms with E-state index >= 15 is 0 Å². The number of aromatic nitrogens is 6. The van der Waals surface area contributed by atoms with Crippen molar-refractivity contribution in [3.8, 4) is 17.2 Å². The molecule has 0 saturated carbocycles. The highest BCUT2D eigenvalue weighted by Gasteiger charge is 2.30. The summed E-state index contributed by atoms with van der Waals surface area (Å²) in [6.07, 6.45) is 5.85. The quantitative estimate of drug-likeness (QED) is 0.0922. The van der Waals surface area contributed by atoms with E-state index in [1.54, 1.807) is 36.4 Å². The molecular formula is C54H69Cl3N12O12S3. The van der Waals surface area contributed by atoms with E-state index in [1.165, 1.54) is 0 Å². The SMILES string of the molecule is Cc1cc(N2CCCOCC2c2ccc(OCS(C)(=O)=O)cc2Cl)nc(N)n1.Cc1cc(N2CCCOC[C@@H]2c2ccc(OCS(C)(=O)=O)cc2Cl)nc(N)n1.Cc1cc(N2CCCOC[C@H]2c2ccc(OCS(C)(=O)=O)cc2Cl)nc(N)n1. The molecule has 0 radical (unpaired) electrons. The molecule has 6 aromatic rings. The summed E-state index contributed by atoms with van der Waals surface area (Å²) >= 11 is 19.5. The maximum absolute atomic E-state index is 11.3. The Morgan fingerprint density at radius 3 is 0.940 bits per heavy atom. The molecule has 30 heteroatoms. The molecule has 3 aliphatic rings. The first-order valence-corrected chi connectivity index (χ1v) is 33.7. The molecule has 3 atom stereocenters. The fraction of sp³-hybridized carbons (Fsp3) is 0.444. The summed E-state index contributed by atoms with van der Waals surface area (Å²) in [7, 11) is -9.73. The molecule has 9 rings (SSSR count). The molecule has 3 aliphatic heterocycles. The van der Waals surface area contributed by atoms with Crippen LogP contribution in [0.2, 0.25) is 15.1 Å². The van der Waals surface area contributed by atoms with Gasteiger partial charge in [0.1, 0.15) is 34.7 Å². The van der Waals surface area contributed by atoms with Crippen LogP contribution in [0.4, 0.5) is 35.3 Å². The monoisotopic (exact) mass is 1280 g/mol. The lowest BCUT2D eigenvalue weighted by atomic mass is 10.1.